The van der Waals surface area contributed by atoms with Crippen LogP contribution in [0.3, 0.4) is 0 Å². The normalized spacial score (nSPS) is 25.9. The van der Waals surface area contributed by atoms with E-state index in [9.17, 15) is 0 Å². The van der Waals surface area contributed by atoms with Crippen LogP contribution < -0.4 is 0 Å². The molecule has 0 N–H and O–H groups in total. The summed E-state index contributed by atoms with van der Waals surface area (Å²) in [6.07, 6.45) is 5.52. The first-order valence-electron chi connectivity index (χ1n) is 7.09. The molecule has 18 heavy (non-hydrogen) atoms. The lowest BCUT2D eigenvalue weighted by Crippen LogP contribution is -2.41. The maximum Gasteiger partial charge on any atom is 0.468 e. The van der Waals surface area contributed by atoms with Crippen molar-refractivity contribution in [1.82, 2.24) is 0 Å². The van der Waals surface area contributed by atoms with Gasteiger partial charge >= 0.3 is 7.12 Å². The van der Waals surface area contributed by atoms with E-state index in [1.165, 1.54) is 0 Å². The molecule has 2 nitrogen and oxygen atoms in total. The topological polar surface area (TPSA) is 18.5 Å². The van der Waals surface area contributed by atoms with Gasteiger partial charge in [0.1, 0.15) is 0 Å². The van der Waals surface area contributed by atoms with Gasteiger partial charge in [0.05, 0.1) is 11.2 Å². The average Bonchev–Trinajstić information content (AvgIpc) is 2.45. The molecule has 0 bridgehead atoms. The molecule has 1 fully saturated rings. The smallest absolute Gasteiger partial charge is 0.403 e. The lowest BCUT2D eigenvalue weighted by molar-refractivity contribution is 0.00578. The van der Waals surface area contributed by atoms with Gasteiger partial charge in [-0.3, -0.25) is 0 Å². The third kappa shape index (κ3) is 3.00. The van der Waals surface area contributed by atoms with Crippen LogP contribution in [0.2, 0.25) is 5.31 Å². The third-order valence-corrected chi connectivity index (χ3v) is 4.42. The highest BCUT2D eigenvalue weighted by molar-refractivity contribution is 6.50. The van der Waals surface area contributed by atoms with Crippen molar-refractivity contribution in [2.45, 2.75) is 78.3 Å². The largest absolute Gasteiger partial charge is 0.468 e. The molecular formula is C15H29BO2. The van der Waals surface area contributed by atoms with E-state index in [4.69, 9.17) is 9.31 Å². The fourth-order valence-electron chi connectivity index (χ4n) is 1.89. The van der Waals surface area contributed by atoms with Crippen LogP contribution in [0.5, 0.6) is 0 Å². The van der Waals surface area contributed by atoms with Crippen LogP contribution in [0, 0.1) is 5.92 Å². The summed E-state index contributed by atoms with van der Waals surface area (Å²) in [4.78, 5) is 0. The van der Waals surface area contributed by atoms with Gasteiger partial charge in [0.25, 0.3) is 0 Å². The van der Waals surface area contributed by atoms with Crippen molar-refractivity contribution in [1.29, 1.82) is 0 Å². The molecule has 1 rings (SSSR count). The Morgan fingerprint density at radius 2 is 1.56 bits per heavy atom. The van der Waals surface area contributed by atoms with Crippen molar-refractivity contribution < 1.29 is 9.31 Å². The minimum absolute atomic E-state index is 0.0602. The zero-order valence-electron chi connectivity index (χ0n) is 13.3. The minimum Gasteiger partial charge on any atom is -0.403 e. The molecule has 0 unspecified atom stereocenters. The summed E-state index contributed by atoms with van der Waals surface area (Å²) >= 11 is 0. The third-order valence-electron chi connectivity index (χ3n) is 4.42. The molecule has 0 aromatic carbocycles. The zero-order valence-corrected chi connectivity index (χ0v) is 13.3. The van der Waals surface area contributed by atoms with Crippen molar-refractivity contribution in [3.63, 3.8) is 0 Å². The number of hydrogen-bond donors (Lipinski definition) is 0. The molecule has 0 aromatic heterocycles. The molecule has 0 aromatic rings. The van der Waals surface area contributed by atoms with E-state index in [0.29, 0.717) is 5.92 Å². The minimum atomic E-state index is -0.250. The van der Waals surface area contributed by atoms with Crippen LogP contribution in [0.4, 0.5) is 0 Å². The lowest BCUT2D eigenvalue weighted by atomic mass is 9.56. The van der Waals surface area contributed by atoms with Gasteiger partial charge < -0.3 is 9.31 Å². The van der Waals surface area contributed by atoms with Crippen LogP contribution in [0.15, 0.2) is 12.2 Å². The summed E-state index contributed by atoms with van der Waals surface area (Å²) in [5.74, 6) is 0.554. The van der Waals surface area contributed by atoms with Crippen LogP contribution in [0.1, 0.15) is 61.8 Å². The van der Waals surface area contributed by atoms with Crippen molar-refractivity contribution in [3.05, 3.63) is 12.2 Å². The average molecular weight is 252 g/mol. The summed E-state index contributed by atoms with van der Waals surface area (Å²) in [5, 5.41) is -0.0602. The van der Waals surface area contributed by atoms with Crippen LogP contribution in [-0.2, 0) is 9.31 Å². The van der Waals surface area contributed by atoms with E-state index < -0.39 is 0 Å². The highest BCUT2D eigenvalue weighted by Crippen LogP contribution is 2.47. The molecule has 104 valence electrons. The fourth-order valence-corrected chi connectivity index (χ4v) is 1.89. The fraction of sp³-hybridized carbons (Fsp3) is 0.867. The van der Waals surface area contributed by atoms with Gasteiger partial charge in [0, 0.05) is 5.31 Å². The number of allylic oxidation sites excluding steroid dienone is 2. The van der Waals surface area contributed by atoms with Crippen molar-refractivity contribution in [2.24, 2.45) is 5.92 Å². The molecule has 0 radical (unpaired) electrons. The van der Waals surface area contributed by atoms with Gasteiger partial charge in [-0.15, -0.1) is 0 Å². The molecule has 1 aliphatic rings. The molecule has 1 heterocycles. The molecule has 1 saturated heterocycles. The first-order chi connectivity index (χ1) is 8.04. The SMILES string of the molecule is CC[C@](C)(/C=C/C(C)C)B1OC(C)(C)C(C)(C)O1. The molecule has 1 atom stereocenters. The van der Waals surface area contributed by atoms with Gasteiger partial charge in [-0.25, -0.2) is 0 Å². The monoisotopic (exact) mass is 252 g/mol. The Bertz CT molecular complexity index is 304. The van der Waals surface area contributed by atoms with Crippen molar-refractivity contribution in [2.75, 3.05) is 0 Å². The lowest BCUT2D eigenvalue weighted by Gasteiger charge is -2.32. The molecule has 1 aliphatic heterocycles. The molecule has 0 saturated carbocycles. The highest BCUT2D eigenvalue weighted by atomic mass is 16.7. The van der Waals surface area contributed by atoms with E-state index in [0.717, 1.165) is 6.42 Å². The van der Waals surface area contributed by atoms with Crippen LogP contribution in [0.25, 0.3) is 0 Å². The standard InChI is InChI=1S/C15H29BO2/c1-9-15(8,11-10-12(2)3)16-17-13(4,5)14(6,7)18-16/h10-12H,9H2,1-8H3/b11-10+/t15-/m1/s1. The van der Waals surface area contributed by atoms with Crippen molar-refractivity contribution in [3.8, 4) is 0 Å². The maximum absolute atomic E-state index is 6.18. The first kappa shape index (κ1) is 15.8. The van der Waals surface area contributed by atoms with Gasteiger partial charge in [0.2, 0.25) is 0 Å². The number of rotatable bonds is 4. The van der Waals surface area contributed by atoms with E-state index in [1.807, 2.05) is 0 Å². The van der Waals surface area contributed by atoms with Gasteiger partial charge in [-0.2, -0.15) is 0 Å². The van der Waals surface area contributed by atoms with E-state index >= 15 is 0 Å². The zero-order chi connectivity index (χ0) is 14.2. The Labute approximate surface area is 113 Å². The molecule has 3 heteroatoms. The Morgan fingerprint density at radius 3 is 1.89 bits per heavy atom. The summed E-state index contributed by atoms with van der Waals surface area (Å²) in [6, 6.07) is 0. The number of hydrogen-bond acceptors (Lipinski definition) is 2. The summed E-state index contributed by atoms with van der Waals surface area (Å²) in [7, 11) is -0.164. The molecule has 0 aliphatic carbocycles. The first-order valence-corrected chi connectivity index (χ1v) is 7.09. The van der Waals surface area contributed by atoms with Crippen LogP contribution in [-0.4, -0.2) is 18.3 Å². The van der Waals surface area contributed by atoms with Crippen LogP contribution >= 0.6 is 0 Å². The molecular weight excluding hydrogens is 223 g/mol. The van der Waals surface area contributed by atoms with E-state index in [-0.39, 0.29) is 23.6 Å². The molecule has 0 spiro atoms. The summed E-state index contributed by atoms with van der Waals surface area (Å²) in [5.41, 5.74) is -0.500. The van der Waals surface area contributed by atoms with Gasteiger partial charge in [0.15, 0.2) is 0 Å². The highest BCUT2D eigenvalue weighted by Gasteiger charge is 2.56. The second-order valence-corrected chi connectivity index (χ2v) is 7.05. The van der Waals surface area contributed by atoms with E-state index in [1.54, 1.807) is 0 Å². The van der Waals surface area contributed by atoms with E-state index in [2.05, 4.69) is 67.5 Å². The Morgan fingerprint density at radius 1 is 1.11 bits per heavy atom. The van der Waals surface area contributed by atoms with Crippen molar-refractivity contribution >= 4 is 7.12 Å². The van der Waals surface area contributed by atoms with Gasteiger partial charge in [-0.05, 0) is 40.0 Å². The Hall–Kier alpha value is -0.275. The second-order valence-electron chi connectivity index (χ2n) is 7.05. The second kappa shape index (κ2) is 5.01. The maximum atomic E-state index is 6.18. The summed E-state index contributed by atoms with van der Waals surface area (Å²) in [6.45, 7) is 17.2. The Kier molecular flexibility index (Phi) is 4.39. The quantitative estimate of drug-likeness (QED) is 0.543. The molecule has 0 amide bonds. The summed E-state index contributed by atoms with van der Waals surface area (Å²) < 4.78 is 12.4. The predicted octanol–water partition coefficient (Wildman–Crippen LogP) is 4.46. The predicted molar refractivity (Wildman–Crippen MR) is 78.7 cm³/mol. The Balaban J connectivity index is 2.93. The van der Waals surface area contributed by atoms with Gasteiger partial charge in [-0.1, -0.05) is 39.8 Å².